The smallest absolute Gasteiger partial charge is 0.225 e. The summed E-state index contributed by atoms with van der Waals surface area (Å²) in [6.45, 7) is 1.66. The van der Waals surface area contributed by atoms with Crippen LogP contribution < -0.4 is 16.4 Å². The van der Waals surface area contributed by atoms with E-state index in [0.717, 1.165) is 5.69 Å². The third kappa shape index (κ3) is 3.15. The highest BCUT2D eigenvalue weighted by molar-refractivity contribution is 5.91. The zero-order valence-electron chi connectivity index (χ0n) is 10.4. The lowest BCUT2D eigenvalue weighted by molar-refractivity contribution is -0.116. The predicted molar refractivity (Wildman–Crippen MR) is 72.0 cm³/mol. The lowest BCUT2D eigenvalue weighted by Crippen LogP contribution is -2.29. The van der Waals surface area contributed by atoms with Crippen LogP contribution in [0.25, 0.3) is 0 Å². The van der Waals surface area contributed by atoms with Crippen molar-refractivity contribution in [1.82, 2.24) is 15.0 Å². The third-order valence-electron chi connectivity index (χ3n) is 2.46. The Labute approximate surface area is 110 Å². The normalized spacial score (nSPS) is 10.2. The number of aromatic nitrogens is 3. The van der Waals surface area contributed by atoms with E-state index in [4.69, 9.17) is 11.5 Å². The first-order valence-electron chi connectivity index (χ1n) is 5.65. The van der Waals surface area contributed by atoms with Crippen LogP contribution in [0.2, 0.25) is 0 Å². The number of hydrogen-bond acceptors (Lipinski definition) is 6. The van der Waals surface area contributed by atoms with Crippen LogP contribution in [0.5, 0.6) is 0 Å². The molecule has 0 aliphatic rings. The molecule has 4 N–H and O–H groups in total. The molecule has 98 valence electrons. The molecular weight excluding hydrogens is 244 g/mol. The first kappa shape index (κ1) is 12.7. The molecule has 0 saturated heterocycles. The fourth-order valence-corrected chi connectivity index (χ4v) is 1.66. The first-order valence-corrected chi connectivity index (χ1v) is 5.65. The summed E-state index contributed by atoms with van der Waals surface area (Å²) >= 11 is 0. The van der Waals surface area contributed by atoms with E-state index in [1.807, 2.05) is 30.3 Å². The van der Waals surface area contributed by atoms with Crippen LogP contribution in [0.4, 0.5) is 17.6 Å². The molecule has 1 amide bonds. The van der Waals surface area contributed by atoms with E-state index in [1.54, 1.807) is 0 Å². The zero-order valence-corrected chi connectivity index (χ0v) is 10.4. The van der Waals surface area contributed by atoms with Crippen molar-refractivity contribution in [3.05, 3.63) is 36.2 Å². The minimum absolute atomic E-state index is 0.0408. The van der Waals surface area contributed by atoms with Crippen molar-refractivity contribution in [2.45, 2.75) is 13.5 Å². The molecule has 0 fully saturated rings. The fraction of sp³-hybridized carbons (Fsp3) is 0.167. The monoisotopic (exact) mass is 258 g/mol. The van der Waals surface area contributed by atoms with E-state index in [9.17, 15) is 4.79 Å². The number of anilines is 3. The molecule has 0 spiro atoms. The van der Waals surface area contributed by atoms with Gasteiger partial charge in [0.1, 0.15) is 0 Å². The van der Waals surface area contributed by atoms with E-state index >= 15 is 0 Å². The molecule has 0 aliphatic heterocycles. The van der Waals surface area contributed by atoms with E-state index in [0.29, 0.717) is 5.82 Å². The Morgan fingerprint density at radius 2 is 1.68 bits per heavy atom. The summed E-state index contributed by atoms with van der Waals surface area (Å²) in [6.07, 6.45) is 0. The van der Waals surface area contributed by atoms with Gasteiger partial charge in [0.2, 0.25) is 17.8 Å². The van der Waals surface area contributed by atoms with E-state index in [2.05, 4.69) is 15.0 Å². The maximum atomic E-state index is 11.7. The lowest BCUT2D eigenvalue weighted by Gasteiger charge is -2.20. The maximum Gasteiger partial charge on any atom is 0.225 e. The van der Waals surface area contributed by atoms with E-state index < -0.39 is 0 Å². The summed E-state index contributed by atoms with van der Waals surface area (Å²) in [4.78, 5) is 24.9. The SMILES string of the molecule is CC(=O)N(Cc1nc(N)nc(N)n1)c1ccccc1. The Kier molecular flexibility index (Phi) is 3.56. The van der Waals surface area contributed by atoms with Crippen molar-refractivity contribution in [1.29, 1.82) is 0 Å². The van der Waals surface area contributed by atoms with Crippen molar-refractivity contribution in [3.8, 4) is 0 Å². The largest absolute Gasteiger partial charge is 0.368 e. The van der Waals surface area contributed by atoms with Gasteiger partial charge in [-0.05, 0) is 12.1 Å². The Balaban J connectivity index is 2.29. The maximum absolute atomic E-state index is 11.7. The number of nitrogen functional groups attached to an aromatic ring is 2. The van der Waals surface area contributed by atoms with Gasteiger partial charge in [0, 0.05) is 12.6 Å². The molecule has 0 radical (unpaired) electrons. The molecule has 0 aliphatic carbocycles. The Hall–Kier alpha value is -2.70. The number of carbonyl (C=O) groups is 1. The van der Waals surface area contributed by atoms with E-state index in [-0.39, 0.29) is 24.3 Å². The highest BCUT2D eigenvalue weighted by Gasteiger charge is 2.14. The van der Waals surface area contributed by atoms with Gasteiger partial charge in [-0.15, -0.1) is 0 Å². The van der Waals surface area contributed by atoms with Crippen molar-refractivity contribution in [2.24, 2.45) is 0 Å². The van der Waals surface area contributed by atoms with Crippen LogP contribution in [0.15, 0.2) is 30.3 Å². The van der Waals surface area contributed by atoms with Gasteiger partial charge in [-0.3, -0.25) is 4.79 Å². The number of para-hydroxylation sites is 1. The lowest BCUT2D eigenvalue weighted by atomic mass is 10.3. The number of amides is 1. The average molecular weight is 258 g/mol. The summed E-state index contributed by atoms with van der Waals surface area (Å²) in [7, 11) is 0. The first-order chi connectivity index (χ1) is 9.06. The van der Waals surface area contributed by atoms with Crippen molar-refractivity contribution >= 4 is 23.5 Å². The topological polar surface area (TPSA) is 111 Å². The van der Waals surface area contributed by atoms with Gasteiger partial charge >= 0.3 is 0 Å². The van der Waals surface area contributed by atoms with Crippen LogP contribution in [-0.2, 0) is 11.3 Å². The predicted octanol–water partition coefficient (Wildman–Crippen LogP) is 0.589. The minimum Gasteiger partial charge on any atom is -0.368 e. The van der Waals surface area contributed by atoms with Gasteiger partial charge in [0.15, 0.2) is 5.82 Å². The standard InChI is InChI=1S/C12H14N6O/c1-8(19)18(9-5-3-2-4-6-9)7-10-15-11(13)17-12(14)16-10/h2-6H,7H2,1H3,(H4,13,14,15,16,17). The zero-order chi connectivity index (χ0) is 13.8. The third-order valence-corrected chi connectivity index (χ3v) is 2.46. The summed E-state index contributed by atoms with van der Waals surface area (Å²) in [5.41, 5.74) is 11.8. The molecule has 1 heterocycles. The summed E-state index contributed by atoms with van der Waals surface area (Å²) in [5.74, 6) is 0.311. The number of rotatable bonds is 3. The second-order valence-corrected chi connectivity index (χ2v) is 3.91. The average Bonchev–Trinajstić information content (AvgIpc) is 2.35. The number of nitrogens with two attached hydrogens (primary N) is 2. The van der Waals surface area contributed by atoms with Crippen LogP contribution in [0.1, 0.15) is 12.7 Å². The van der Waals surface area contributed by atoms with Crippen LogP contribution >= 0.6 is 0 Å². The summed E-state index contributed by atoms with van der Waals surface area (Å²) < 4.78 is 0. The van der Waals surface area contributed by atoms with Crippen LogP contribution in [0, 0.1) is 0 Å². The second kappa shape index (κ2) is 5.30. The Morgan fingerprint density at radius 3 is 2.21 bits per heavy atom. The molecule has 2 aromatic rings. The van der Waals surface area contributed by atoms with Crippen molar-refractivity contribution in [3.63, 3.8) is 0 Å². The molecule has 1 aromatic heterocycles. The fourth-order valence-electron chi connectivity index (χ4n) is 1.66. The van der Waals surface area contributed by atoms with Gasteiger partial charge in [-0.1, -0.05) is 18.2 Å². The molecule has 1 aromatic carbocycles. The van der Waals surface area contributed by atoms with Gasteiger partial charge < -0.3 is 16.4 Å². The van der Waals surface area contributed by atoms with Gasteiger partial charge in [-0.2, -0.15) is 15.0 Å². The quantitative estimate of drug-likeness (QED) is 0.833. The molecule has 7 heteroatoms. The van der Waals surface area contributed by atoms with Crippen molar-refractivity contribution in [2.75, 3.05) is 16.4 Å². The highest BCUT2D eigenvalue weighted by Crippen LogP contribution is 2.16. The molecule has 0 bridgehead atoms. The molecule has 19 heavy (non-hydrogen) atoms. The number of hydrogen-bond donors (Lipinski definition) is 2. The molecular formula is C12H14N6O. The van der Waals surface area contributed by atoms with Crippen LogP contribution in [-0.4, -0.2) is 20.9 Å². The van der Waals surface area contributed by atoms with Crippen LogP contribution in [0.3, 0.4) is 0 Å². The number of nitrogens with zero attached hydrogens (tertiary/aromatic N) is 4. The molecule has 0 atom stereocenters. The van der Waals surface area contributed by atoms with Gasteiger partial charge in [0.25, 0.3) is 0 Å². The van der Waals surface area contributed by atoms with Crippen molar-refractivity contribution < 1.29 is 4.79 Å². The summed E-state index contributed by atoms with van der Waals surface area (Å²) in [6, 6.07) is 9.23. The van der Waals surface area contributed by atoms with E-state index in [1.165, 1.54) is 11.8 Å². The highest BCUT2D eigenvalue weighted by atomic mass is 16.2. The number of carbonyl (C=O) groups excluding carboxylic acids is 1. The number of benzene rings is 1. The molecule has 0 unspecified atom stereocenters. The molecule has 0 saturated carbocycles. The summed E-state index contributed by atoms with van der Waals surface area (Å²) in [5, 5.41) is 0. The second-order valence-electron chi connectivity index (χ2n) is 3.91. The van der Waals surface area contributed by atoms with Gasteiger partial charge in [0.05, 0.1) is 6.54 Å². The minimum atomic E-state index is -0.122. The Morgan fingerprint density at radius 1 is 1.11 bits per heavy atom. The molecule has 2 rings (SSSR count). The van der Waals surface area contributed by atoms with Gasteiger partial charge in [-0.25, -0.2) is 0 Å². The molecule has 7 nitrogen and oxygen atoms in total. The Bertz CT molecular complexity index is 566.